The van der Waals surface area contributed by atoms with Crippen LogP contribution >= 0.6 is 0 Å². The van der Waals surface area contributed by atoms with E-state index in [1.165, 1.54) is 0 Å². The van der Waals surface area contributed by atoms with Gasteiger partial charge in [0.15, 0.2) is 0 Å². The SMILES string of the molecule is CCC(C)(CN)COCC(C)(CC)CN. The molecule has 15 heavy (non-hydrogen) atoms. The quantitative estimate of drug-likeness (QED) is 0.650. The molecule has 0 aliphatic heterocycles. The number of rotatable bonds is 8. The van der Waals surface area contributed by atoms with Crippen LogP contribution in [0.4, 0.5) is 0 Å². The van der Waals surface area contributed by atoms with E-state index in [9.17, 15) is 0 Å². The first kappa shape index (κ1) is 14.9. The third-order valence-corrected chi connectivity index (χ3v) is 3.59. The first-order chi connectivity index (χ1) is 6.95. The number of ether oxygens (including phenoxy) is 1. The van der Waals surface area contributed by atoms with Crippen LogP contribution in [0.2, 0.25) is 0 Å². The molecule has 4 N–H and O–H groups in total. The summed E-state index contributed by atoms with van der Waals surface area (Å²) < 4.78 is 5.77. The van der Waals surface area contributed by atoms with Gasteiger partial charge in [0.2, 0.25) is 0 Å². The van der Waals surface area contributed by atoms with Crippen LogP contribution in [-0.4, -0.2) is 26.3 Å². The lowest BCUT2D eigenvalue weighted by Crippen LogP contribution is -2.36. The largest absolute Gasteiger partial charge is 0.380 e. The van der Waals surface area contributed by atoms with Gasteiger partial charge in [-0.05, 0) is 25.9 Å². The third kappa shape index (κ3) is 4.96. The zero-order chi connectivity index (χ0) is 11.9. The standard InChI is InChI=1S/C12H28N2O/c1-5-11(3,7-13)9-15-10-12(4,6-2)8-14/h5-10,13-14H2,1-4H3. The summed E-state index contributed by atoms with van der Waals surface area (Å²) in [6.45, 7) is 11.4. The van der Waals surface area contributed by atoms with E-state index < -0.39 is 0 Å². The van der Waals surface area contributed by atoms with Crippen LogP contribution in [0.25, 0.3) is 0 Å². The highest BCUT2D eigenvalue weighted by Gasteiger charge is 2.24. The lowest BCUT2D eigenvalue weighted by molar-refractivity contribution is 0.00619. The van der Waals surface area contributed by atoms with E-state index in [4.69, 9.17) is 16.2 Å². The molecule has 0 bridgehead atoms. The summed E-state index contributed by atoms with van der Waals surface area (Å²) in [7, 11) is 0. The molecule has 0 saturated carbocycles. The molecule has 0 saturated heterocycles. The van der Waals surface area contributed by atoms with Crippen LogP contribution < -0.4 is 11.5 Å². The Bertz CT molecular complexity index is 145. The van der Waals surface area contributed by atoms with Gasteiger partial charge in [-0.2, -0.15) is 0 Å². The highest BCUT2D eigenvalue weighted by Crippen LogP contribution is 2.23. The van der Waals surface area contributed by atoms with Gasteiger partial charge in [-0.15, -0.1) is 0 Å². The van der Waals surface area contributed by atoms with Crippen molar-refractivity contribution >= 4 is 0 Å². The average molecular weight is 216 g/mol. The van der Waals surface area contributed by atoms with Gasteiger partial charge in [0.1, 0.15) is 0 Å². The molecule has 2 atom stereocenters. The van der Waals surface area contributed by atoms with Gasteiger partial charge in [-0.25, -0.2) is 0 Å². The number of nitrogens with two attached hydrogens (primary N) is 2. The second-order valence-corrected chi connectivity index (χ2v) is 5.23. The normalized spacial score (nSPS) is 19.6. The van der Waals surface area contributed by atoms with Gasteiger partial charge in [-0.3, -0.25) is 0 Å². The van der Waals surface area contributed by atoms with Crippen LogP contribution in [0.3, 0.4) is 0 Å². The van der Waals surface area contributed by atoms with E-state index in [-0.39, 0.29) is 10.8 Å². The monoisotopic (exact) mass is 216 g/mol. The van der Waals surface area contributed by atoms with Crippen LogP contribution in [0, 0.1) is 10.8 Å². The Morgan fingerprint density at radius 1 is 0.867 bits per heavy atom. The molecule has 0 spiro atoms. The fraction of sp³-hybridized carbons (Fsp3) is 1.00. The van der Waals surface area contributed by atoms with E-state index in [1.54, 1.807) is 0 Å². The summed E-state index contributed by atoms with van der Waals surface area (Å²) in [5.41, 5.74) is 11.7. The van der Waals surface area contributed by atoms with Crippen molar-refractivity contribution in [3.8, 4) is 0 Å². The van der Waals surface area contributed by atoms with Gasteiger partial charge in [0.05, 0.1) is 13.2 Å². The molecule has 0 aromatic carbocycles. The van der Waals surface area contributed by atoms with Crippen molar-refractivity contribution in [2.75, 3.05) is 26.3 Å². The number of hydrogen-bond acceptors (Lipinski definition) is 3. The van der Waals surface area contributed by atoms with E-state index in [2.05, 4.69) is 27.7 Å². The molecule has 0 rings (SSSR count). The Hall–Kier alpha value is -0.120. The molecular formula is C12H28N2O. The summed E-state index contributed by atoms with van der Waals surface area (Å²) in [5.74, 6) is 0. The van der Waals surface area contributed by atoms with Crippen molar-refractivity contribution in [1.29, 1.82) is 0 Å². The van der Waals surface area contributed by atoms with Crippen LogP contribution in [0.15, 0.2) is 0 Å². The minimum atomic E-state index is 0.114. The molecule has 0 amide bonds. The molecule has 3 nitrogen and oxygen atoms in total. The predicted molar refractivity (Wildman–Crippen MR) is 65.7 cm³/mol. The first-order valence-corrected chi connectivity index (χ1v) is 5.93. The van der Waals surface area contributed by atoms with Crippen LogP contribution in [0.1, 0.15) is 40.5 Å². The van der Waals surface area contributed by atoms with Gasteiger partial charge in [0, 0.05) is 10.8 Å². The summed E-state index contributed by atoms with van der Waals surface area (Å²) in [5, 5.41) is 0. The second kappa shape index (κ2) is 6.46. The molecule has 0 radical (unpaired) electrons. The van der Waals surface area contributed by atoms with Crippen molar-refractivity contribution in [2.45, 2.75) is 40.5 Å². The highest BCUT2D eigenvalue weighted by molar-refractivity contribution is 4.76. The van der Waals surface area contributed by atoms with Crippen LogP contribution in [-0.2, 0) is 4.74 Å². The molecule has 0 fully saturated rings. The Kier molecular flexibility index (Phi) is 6.41. The third-order valence-electron chi connectivity index (χ3n) is 3.59. The van der Waals surface area contributed by atoms with Crippen molar-refractivity contribution in [1.82, 2.24) is 0 Å². The Balaban J connectivity index is 3.96. The Morgan fingerprint density at radius 2 is 1.20 bits per heavy atom. The second-order valence-electron chi connectivity index (χ2n) is 5.23. The van der Waals surface area contributed by atoms with Gasteiger partial charge in [-0.1, -0.05) is 27.7 Å². The summed E-state index contributed by atoms with van der Waals surface area (Å²) in [4.78, 5) is 0. The molecule has 0 aromatic rings. The summed E-state index contributed by atoms with van der Waals surface area (Å²) in [6.07, 6.45) is 2.10. The van der Waals surface area contributed by atoms with E-state index in [0.29, 0.717) is 13.1 Å². The maximum absolute atomic E-state index is 5.77. The fourth-order valence-corrected chi connectivity index (χ4v) is 1.15. The smallest absolute Gasteiger partial charge is 0.0532 e. The lowest BCUT2D eigenvalue weighted by atomic mass is 9.87. The summed E-state index contributed by atoms with van der Waals surface area (Å²) >= 11 is 0. The molecule has 3 heteroatoms. The average Bonchev–Trinajstić information content (AvgIpc) is 2.28. The maximum Gasteiger partial charge on any atom is 0.0532 e. The zero-order valence-corrected chi connectivity index (χ0v) is 10.8. The topological polar surface area (TPSA) is 61.3 Å². The first-order valence-electron chi connectivity index (χ1n) is 5.93. The van der Waals surface area contributed by atoms with Gasteiger partial charge < -0.3 is 16.2 Å². The Morgan fingerprint density at radius 3 is 1.40 bits per heavy atom. The van der Waals surface area contributed by atoms with E-state index in [1.807, 2.05) is 0 Å². The van der Waals surface area contributed by atoms with Gasteiger partial charge >= 0.3 is 0 Å². The van der Waals surface area contributed by atoms with Crippen molar-refractivity contribution < 1.29 is 4.74 Å². The molecular weight excluding hydrogens is 188 g/mol. The van der Waals surface area contributed by atoms with E-state index >= 15 is 0 Å². The number of hydrogen-bond donors (Lipinski definition) is 2. The van der Waals surface area contributed by atoms with Crippen molar-refractivity contribution in [2.24, 2.45) is 22.3 Å². The minimum absolute atomic E-state index is 0.114. The molecule has 92 valence electrons. The lowest BCUT2D eigenvalue weighted by Gasteiger charge is -2.30. The maximum atomic E-state index is 5.77. The highest BCUT2D eigenvalue weighted by atomic mass is 16.5. The molecule has 0 aliphatic carbocycles. The molecule has 2 unspecified atom stereocenters. The molecule has 0 heterocycles. The zero-order valence-electron chi connectivity index (χ0n) is 10.8. The van der Waals surface area contributed by atoms with Crippen LogP contribution in [0.5, 0.6) is 0 Å². The Labute approximate surface area is 94.5 Å². The fourth-order valence-electron chi connectivity index (χ4n) is 1.15. The van der Waals surface area contributed by atoms with Gasteiger partial charge in [0.25, 0.3) is 0 Å². The predicted octanol–water partition coefficient (Wildman–Crippen LogP) is 1.75. The summed E-state index contributed by atoms with van der Waals surface area (Å²) in [6, 6.07) is 0. The van der Waals surface area contributed by atoms with Crippen molar-refractivity contribution in [3.05, 3.63) is 0 Å². The molecule has 0 aliphatic rings. The minimum Gasteiger partial charge on any atom is -0.380 e. The molecule has 0 aromatic heterocycles. The van der Waals surface area contributed by atoms with E-state index in [0.717, 1.165) is 26.1 Å². The van der Waals surface area contributed by atoms with Crippen molar-refractivity contribution in [3.63, 3.8) is 0 Å².